The van der Waals surface area contributed by atoms with Gasteiger partial charge in [-0.2, -0.15) is 0 Å². The lowest BCUT2D eigenvalue weighted by molar-refractivity contribution is 0.0953. The van der Waals surface area contributed by atoms with E-state index in [0.717, 1.165) is 38.4 Å². The molecular formula is C23H25N7O4S. The quantitative estimate of drug-likeness (QED) is 0.290. The number of H-pyrrole nitrogens is 1. The Kier molecular flexibility index (Phi) is 6.07. The average molecular weight is 496 g/mol. The molecule has 1 aliphatic rings. The van der Waals surface area contributed by atoms with E-state index in [2.05, 4.69) is 15.2 Å². The number of hydrogen-bond donors (Lipinski definition) is 2. The minimum absolute atomic E-state index is 0.0246. The predicted molar refractivity (Wildman–Crippen MR) is 133 cm³/mol. The third-order valence-electron chi connectivity index (χ3n) is 6.28. The molecule has 12 heteroatoms. The molecule has 0 spiro atoms. The first-order chi connectivity index (χ1) is 16.9. The first-order valence-electron chi connectivity index (χ1n) is 11.2. The number of nitrogens with zero attached hydrogens (tertiary/aromatic N) is 5. The van der Waals surface area contributed by atoms with Gasteiger partial charge in [-0.3, -0.25) is 23.3 Å². The van der Waals surface area contributed by atoms with Gasteiger partial charge >= 0.3 is 5.69 Å². The van der Waals surface area contributed by atoms with Gasteiger partial charge in [0.05, 0.1) is 18.4 Å². The molecule has 11 nitrogen and oxygen atoms in total. The van der Waals surface area contributed by atoms with Gasteiger partial charge in [0.25, 0.3) is 5.56 Å². The Hall–Kier alpha value is -3.64. The van der Waals surface area contributed by atoms with Gasteiger partial charge in [-0.1, -0.05) is 30.0 Å². The molecule has 1 saturated heterocycles. The number of nitrogens with one attached hydrogen (secondary N) is 1. The number of benzene rings is 1. The van der Waals surface area contributed by atoms with Crippen LogP contribution in [-0.2, 0) is 25.4 Å². The van der Waals surface area contributed by atoms with Crippen LogP contribution in [-0.4, -0.2) is 53.1 Å². The van der Waals surface area contributed by atoms with Crippen molar-refractivity contribution in [3.63, 3.8) is 0 Å². The van der Waals surface area contributed by atoms with Gasteiger partial charge in [0.2, 0.25) is 0 Å². The van der Waals surface area contributed by atoms with Crippen LogP contribution in [0.4, 0.5) is 5.82 Å². The summed E-state index contributed by atoms with van der Waals surface area (Å²) in [5, 5.41) is 10.4. The molecule has 4 heterocycles. The standard InChI is InChI=1S/C23H25N7O4S/c1-28-19(24)18(21(32)29(2)23(28)33)17(31)12-35-22-27-26-20(30(22)11-13-6-5-9-34-13)15-10-25-16-8-4-3-7-14(15)16/h3-4,7-8,10,13,25H,5-6,9,11-12,24H2,1-2H3/t13-/m0/s1. The number of ketones is 1. The zero-order valence-electron chi connectivity index (χ0n) is 19.4. The average Bonchev–Trinajstić information content (AvgIpc) is 3.61. The van der Waals surface area contributed by atoms with E-state index in [0.29, 0.717) is 24.1 Å². The molecule has 0 aliphatic carbocycles. The van der Waals surface area contributed by atoms with Crippen molar-refractivity contribution in [2.45, 2.75) is 30.6 Å². The fourth-order valence-corrected chi connectivity index (χ4v) is 5.15. The van der Waals surface area contributed by atoms with Crippen molar-refractivity contribution in [2.75, 3.05) is 18.1 Å². The number of Topliss-reactive ketones (excluding diaryl/α,β-unsaturated/α-hetero) is 1. The van der Waals surface area contributed by atoms with E-state index in [9.17, 15) is 14.4 Å². The monoisotopic (exact) mass is 495 g/mol. The van der Waals surface area contributed by atoms with Crippen molar-refractivity contribution in [1.82, 2.24) is 28.9 Å². The van der Waals surface area contributed by atoms with Crippen LogP contribution in [0, 0.1) is 0 Å². The summed E-state index contributed by atoms with van der Waals surface area (Å²) in [4.78, 5) is 40.9. The Morgan fingerprint density at radius 3 is 2.80 bits per heavy atom. The first-order valence-corrected chi connectivity index (χ1v) is 12.2. The number of para-hydroxylation sites is 1. The van der Waals surface area contributed by atoms with Gasteiger partial charge in [-0.15, -0.1) is 10.2 Å². The van der Waals surface area contributed by atoms with Crippen LogP contribution in [0.25, 0.3) is 22.3 Å². The molecule has 0 saturated carbocycles. The number of nitrogens with two attached hydrogens (primary N) is 1. The molecule has 182 valence electrons. The second-order valence-electron chi connectivity index (χ2n) is 8.48. The van der Waals surface area contributed by atoms with E-state index >= 15 is 0 Å². The zero-order chi connectivity index (χ0) is 24.7. The van der Waals surface area contributed by atoms with E-state index < -0.39 is 17.0 Å². The van der Waals surface area contributed by atoms with E-state index in [1.54, 1.807) is 0 Å². The fourth-order valence-electron chi connectivity index (χ4n) is 4.33. The first kappa shape index (κ1) is 23.1. The van der Waals surface area contributed by atoms with Gasteiger partial charge in [0.1, 0.15) is 11.4 Å². The van der Waals surface area contributed by atoms with Crippen LogP contribution in [0.15, 0.2) is 45.2 Å². The number of nitrogen functional groups attached to an aromatic ring is 1. The molecule has 5 rings (SSSR count). The Labute approximate surface area is 203 Å². The molecular weight excluding hydrogens is 470 g/mol. The summed E-state index contributed by atoms with van der Waals surface area (Å²) in [5.74, 6) is -0.0479. The lowest BCUT2D eigenvalue weighted by Gasteiger charge is -2.14. The Morgan fingerprint density at radius 2 is 2.03 bits per heavy atom. The molecule has 1 aliphatic heterocycles. The minimum atomic E-state index is -0.712. The van der Waals surface area contributed by atoms with Crippen molar-refractivity contribution in [1.29, 1.82) is 0 Å². The van der Waals surface area contributed by atoms with Crippen LogP contribution >= 0.6 is 11.8 Å². The maximum absolute atomic E-state index is 13.0. The molecule has 35 heavy (non-hydrogen) atoms. The minimum Gasteiger partial charge on any atom is -0.384 e. The molecule has 1 aromatic carbocycles. The molecule has 3 aromatic heterocycles. The molecule has 0 amide bonds. The molecule has 0 unspecified atom stereocenters. The van der Waals surface area contributed by atoms with Gasteiger partial charge in [0.15, 0.2) is 16.8 Å². The highest BCUT2D eigenvalue weighted by atomic mass is 32.2. The Morgan fingerprint density at radius 1 is 1.23 bits per heavy atom. The largest absolute Gasteiger partial charge is 0.384 e. The van der Waals surface area contributed by atoms with Crippen LogP contribution < -0.4 is 17.0 Å². The lowest BCUT2D eigenvalue weighted by Crippen LogP contribution is -2.41. The Balaban J connectivity index is 1.48. The number of anilines is 1. The number of thioether (sulfide) groups is 1. The van der Waals surface area contributed by atoms with Gasteiger partial charge < -0.3 is 15.5 Å². The summed E-state index contributed by atoms with van der Waals surface area (Å²) in [6.07, 6.45) is 3.84. The summed E-state index contributed by atoms with van der Waals surface area (Å²) in [6, 6.07) is 7.93. The number of aromatic nitrogens is 6. The number of ether oxygens (including phenoxy) is 1. The number of carbonyl (C=O) groups excluding carboxylic acids is 1. The third-order valence-corrected chi connectivity index (χ3v) is 7.25. The molecule has 1 fully saturated rings. The Bertz CT molecular complexity index is 1540. The number of hydrogen-bond acceptors (Lipinski definition) is 8. The molecule has 0 radical (unpaired) electrons. The molecule has 4 aromatic rings. The normalized spacial score (nSPS) is 15.8. The highest BCUT2D eigenvalue weighted by Gasteiger charge is 2.25. The lowest BCUT2D eigenvalue weighted by atomic mass is 10.1. The van der Waals surface area contributed by atoms with Gasteiger partial charge in [0, 0.05) is 43.4 Å². The summed E-state index contributed by atoms with van der Waals surface area (Å²) in [5.41, 5.74) is 6.34. The summed E-state index contributed by atoms with van der Waals surface area (Å²) >= 11 is 1.17. The third kappa shape index (κ3) is 4.08. The summed E-state index contributed by atoms with van der Waals surface area (Å²) < 4.78 is 9.79. The zero-order valence-corrected chi connectivity index (χ0v) is 20.2. The maximum Gasteiger partial charge on any atom is 0.332 e. The fraction of sp³-hybridized carbons (Fsp3) is 0.348. The number of rotatable bonds is 7. The van der Waals surface area contributed by atoms with E-state index in [4.69, 9.17) is 10.5 Å². The van der Waals surface area contributed by atoms with Crippen LogP contribution in [0.3, 0.4) is 0 Å². The highest BCUT2D eigenvalue weighted by molar-refractivity contribution is 7.99. The second kappa shape index (κ2) is 9.19. The van der Waals surface area contributed by atoms with Crippen LogP contribution in [0.5, 0.6) is 0 Å². The molecule has 1 atom stereocenters. The highest BCUT2D eigenvalue weighted by Crippen LogP contribution is 2.31. The van der Waals surface area contributed by atoms with Gasteiger partial charge in [-0.25, -0.2) is 4.79 Å². The van der Waals surface area contributed by atoms with Crippen LogP contribution in [0.1, 0.15) is 23.2 Å². The molecule has 3 N–H and O–H groups in total. The molecule has 0 bridgehead atoms. The SMILES string of the molecule is Cn1c(N)c(C(=O)CSc2nnc(-c3c[nH]c4ccccc34)n2C[C@@H]2CCCO2)c(=O)n(C)c1=O. The van der Waals surface area contributed by atoms with Crippen molar-refractivity contribution in [2.24, 2.45) is 14.1 Å². The van der Waals surface area contributed by atoms with Crippen molar-refractivity contribution >= 4 is 34.3 Å². The van der Waals surface area contributed by atoms with E-state index in [1.165, 1.54) is 25.9 Å². The summed E-state index contributed by atoms with van der Waals surface area (Å²) in [6.45, 7) is 1.26. The van der Waals surface area contributed by atoms with Gasteiger partial charge in [-0.05, 0) is 18.9 Å². The van der Waals surface area contributed by atoms with Crippen molar-refractivity contribution < 1.29 is 9.53 Å². The number of carbonyl (C=O) groups is 1. The van der Waals surface area contributed by atoms with Crippen molar-refractivity contribution in [3.05, 3.63) is 56.9 Å². The number of fused-ring (bicyclic) bond motifs is 1. The van der Waals surface area contributed by atoms with E-state index in [-0.39, 0.29) is 23.2 Å². The van der Waals surface area contributed by atoms with Crippen molar-refractivity contribution in [3.8, 4) is 11.4 Å². The second-order valence-corrected chi connectivity index (χ2v) is 9.42. The smallest absolute Gasteiger partial charge is 0.332 e. The predicted octanol–water partition coefficient (Wildman–Crippen LogP) is 1.56. The maximum atomic E-state index is 13.0. The summed E-state index contributed by atoms with van der Waals surface area (Å²) in [7, 11) is 2.74. The topological polar surface area (TPSA) is 143 Å². The van der Waals surface area contributed by atoms with E-state index in [1.807, 2.05) is 35.0 Å². The number of aromatic amines is 1. The van der Waals surface area contributed by atoms with Crippen LogP contribution in [0.2, 0.25) is 0 Å².